The van der Waals surface area contributed by atoms with Crippen LogP contribution in [0.5, 0.6) is 0 Å². The number of hydrogen-bond acceptors (Lipinski definition) is 5. The first-order chi connectivity index (χ1) is 24.7. The van der Waals surface area contributed by atoms with E-state index in [0.717, 1.165) is 51.3 Å². The van der Waals surface area contributed by atoms with E-state index < -0.39 is 35.8 Å². The van der Waals surface area contributed by atoms with Gasteiger partial charge in [-0.3, -0.25) is 19.2 Å². The lowest BCUT2D eigenvalue weighted by atomic mass is 9.95. The molecule has 0 spiro atoms. The highest BCUT2D eigenvalue weighted by Crippen LogP contribution is 2.21. The van der Waals surface area contributed by atoms with Crippen LogP contribution in [-0.2, 0) is 38.4 Å². The molecule has 262 valence electrons. The Hall–Kier alpha value is -5.54. The fourth-order valence-electron chi connectivity index (χ4n) is 6.91. The fourth-order valence-corrected chi connectivity index (χ4v) is 6.91. The highest BCUT2D eigenvalue weighted by atomic mass is 16.2. The number of carbonyl (C=O) groups excluding carboxylic acids is 4. The van der Waals surface area contributed by atoms with Crippen LogP contribution in [0.4, 0.5) is 0 Å². The standard InChI is InChI=1S/C42H45N5O4/c1-47(42(51)37(46-40(49)33-19-21-44-22-20-33)26-29-15-17-31-11-5-7-13-34(31)23-29)38(27-30-16-18-32-12-6-8-14-35(32)24-30)41(50)45-36(39(43)48)25-28-9-3-2-4-10-28/h2-18,23-24,33,36-38,44H,19-22,25-27H2,1H3,(H2,43,48)(H,45,50)(H,46,49)/t36-,37+,38+/m0/s1. The molecule has 1 saturated heterocycles. The summed E-state index contributed by atoms with van der Waals surface area (Å²) in [6.07, 6.45) is 2.00. The first-order valence-electron chi connectivity index (χ1n) is 17.6. The van der Waals surface area contributed by atoms with Gasteiger partial charge in [0.1, 0.15) is 18.1 Å². The maximum atomic E-state index is 14.6. The summed E-state index contributed by atoms with van der Waals surface area (Å²) in [4.78, 5) is 56.5. The second-order valence-electron chi connectivity index (χ2n) is 13.5. The molecule has 3 atom stereocenters. The summed E-state index contributed by atoms with van der Waals surface area (Å²) in [5.41, 5.74) is 8.37. The van der Waals surface area contributed by atoms with Gasteiger partial charge in [0.2, 0.25) is 23.6 Å². The SMILES string of the molecule is CN(C(=O)[C@@H](Cc1ccc2ccccc2c1)NC(=O)C1CCNCC1)[C@H](Cc1ccc2ccccc2c1)C(=O)N[C@@H](Cc1ccccc1)C(N)=O. The summed E-state index contributed by atoms with van der Waals surface area (Å²) in [5, 5.41) is 13.4. The molecular weight excluding hydrogens is 638 g/mol. The Balaban J connectivity index is 1.31. The van der Waals surface area contributed by atoms with Gasteiger partial charge in [0, 0.05) is 32.2 Å². The predicted molar refractivity (Wildman–Crippen MR) is 201 cm³/mol. The zero-order chi connectivity index (χ0) is 35.7. The molecule has 1 fully saturated rings. The number of carbonyl (C=O) groups is 4. The Morgan fingerprint density at radius 2 is 1.20 bits per heavy atom. The van der Waals surface area contributed by atoms with Crippen LogP contribution in [0.3, 0.4) is 0 Å². The molecule has 0 bridgehead atoms. The van der Waals surface area contributed by atoms with Gasteiger partial charge >= 0.3 is 0 Å². The molecule has 1 aliphatic heterocycles. The zero-order valence-electron chi connectivity index (χ0n) is 28.9. The minimum Gasteiger partial charge on any atom is -0.368 e. The quantitative estimate of drug-likeness (QED) is 0.147. The Bertz CT molecular complexity index is 2010. The fraction of sp³-hybridized carbons (Fsp3) is 0.286. The molecule has 5 aromatic rings. The van der Waals surface area contributed by atoms with Crippen LogP contribution in [0.1, 0.15) is 29.5 Å². The molecule has 0 saturated carbocycles. The number of amides is 4. The third kappa shape index (κ3) is 8.98. The maximum Gasteiger partial charge on any atom is 0.245 e. The number of nitrogens with two attached hydrogens (primary N) is 1. The van der Waals surface area contributed by atoms with Crippen molar-refractivity contribution in [2.24, 2.45) is 11.7 Å². The van der Waals surface area contributed by atoms with Crippen LogP contribution in [-0.4, -0.2) is 66.8 Å². The monoisotopic (exact) mass is 683 g/mol. The summed E-state index contributed by atoms with van der Waals surface area (Å²) in [6, 6.07) is 34.3. The van der Waals surface area contributed by atoms with Gasteiger partial charge < -0.3 is 26.6 Å². The van der Waals surface area contributed by atoms with Gasteiger partial charge in [-0.15, -0.1) is 0 Å². The molecule has 51 heavy (non-hydrogen) atoms. The lowest BCUT2D eigenvalue weighted by Crippen LogP contribution is -2.58. The average molecular weight is 684 g/mol. The van der Waals surface area contributed by atoms with Gasteiger partial charge in [-0.05, 0) is 64.2 Å². The topological polar surface area (TPSA) is 134 Å². The van der Waals surface area contributed by atoms with Crippen LogP contribution < -0.4 is 21.7 Å². The molecule has 1 heterocycles. The van der Waals surface area contributed by atoms with Crippen molar-refractivity contribution in [1.29, 1.82) is 0 Å². The molecule has 6 rings (SSSR count). The molecule has 4 amide bonds. The van der Waals surface area contributed by atoms with Gasteiger partial charge in [0.05, 0.1) is 0 Å². The average Bonchev–Trinajstić information content (AvgIpc) is 3.16. The van der Waals surface area contributed by atoms with Crippen molar-refractivity contribution >= 4 is 45.2 Å². The zero-order valence-corrected chi connectivity index (χ0v) is 28.9. The van der Waals surface area contributed by atoms with Gasteiger partial charge in [0.25, 0.3) is 0 Å². The Kier molecular flexibility index (Phi) is 11.4. The normalized spacial score (nSPS) is 15.1. The van der Waals surface area contributed by atoms with Crippen molar-refractivity contribution in [2.75, 3.05) is 20.1 Å². The number of piperidine rings is 1. The second-order valence-corrected chi connectivity index (χ2v) is 13.5. The first kappa shape index (κ1) is 35.3. The highest BCUT2D eigenvalue weighted by molar-refractivity contribution is 5.95. The number of benzene rings is 5. The van der Waals surface area contributed by atoms with E-state index in [-0.39, 0.29) is 31.1 Å². The van der Waals surface area contributed by atoms with Crippen molar-refractivity contribution in [2.45, 2.75) is 50.2 Å². The Morgan fingerprint density at radius 1 is 0.667 bits per heavy atom. The minimum atomic E-state index is -1.01. The molecule has 0 aromatic heterocycles. The number of hydrogen-bond donors (Lipinski definition) is 4. The smallest absolute Gasteiger partial charge is 0.245 e. The molecule has 0 aliphatic carbocycles. The summed E-state index contributed by atoms with van der Waals surface area (Å²) < 4.78 is 0. The van der Waals surface area contributed by atoms with E-state index in [0.29, 0.717) is 12.8 Å². The maximum absolute atomic E-state index is 14.6. The molecule has 1 aliphatic rings. The Labute approximate surface area is 298 Å². The summed E-state index contributed by atoms with van der Waals surface area (Å²) in [7, 11) is 1.59. The summed E-state index contributed by atoms with van der Waals surface area (Å²) in [5.74, 6) is -1.96. The molecule has 5 aromatic carbocycles. The van der Waals surface area contributed by atoms with Crippen molar-refractivity contribution in [1.82, 2.24) is 20.9 Å². The number of rotatable bonds is 13. The number of nitrogens with one attached hydrogen (secondary N) is 3. The molecular formula is C42H45N5O4. The number of nitrogens with zero attached hydrogens (tertiary/aromatic N) is 1. The summed E-state index contributed by atoms with van der Waals surface area (Å²) in [6.45, 7) is 1.47. The van der Waals surface area contributed by atoms with Crippen molar-refractivity contribution in [3.8, 4) is 0 Å². The van der Waals surface area contributed by atoms with Crippen molar-refractivity contribution < 1.29 is 19.2 Å². The molecule has 0 radical (unpaired) electrons. The molecule has 0 unspecified atom stereocenters. The van der Waals surface area contributed by atoms with Gasteiger partial charge in [-0.25, -0.2) is 0 Å². The van der Waals surface area contributed by atoms with E-state index in [1.165, 1.54) is 4.90 Å². The lowest BCUT2D eigenvalue weighted by Gasteiger charge is -2.33. The summed E-state index contributed by atoms with van der Waals surface area (Å²) >= 11 is 0. The first-order valence-corrected chi connectivity index (χ1v) is 17.6. The van der Waals surface area contributed by atoms with Gasteiger partial charge in [-0.2, -0.15) is 0 Å². The minimum absolute atomic E-state index is 0.170. The van der Waals surface area contributed by atoms with E-state index >= 15 is 0 Å². The number of likely N-dealkylation sites (N-methyl/N-ethyl adjacent to an activating group) is 1. The van der Waals surface area contributed by atoms with Crippen LogP contribution in [0.15, 0.2) is 115 Å². The van der Waals surface area contributed by atoms with Crippen LogP contribution in [0.25, 0.3) is 21.5 Å². The van der Waals surface area contributed by atoms with E-state index in [9.17, 15) is 19.2 Å². The van der Waals surface area contributed by atoms with Crippen LogP contribution in [0, 0.1) is 5.92 Å². The number of fused-ring (bicyclic) bond motifs is 2. The van der Waals surface area contributed by atoms with Gasteiger partial charge in [0.15, 0.2) is 0 Å². The van der Waals surface area contributed by atoms with E-state index in [1.807, 2.05) is 115 Å². The molecule has 9 heteroatoms. The van der Waals surface area contributed by atoms with Crippen LogP contribution >= 0.6 is 0 Å². The Morgan fingerprint density at radius 3 is 1.78 bits per heavy atom. The largest absolute Gasteiger partial charge is 0.368 e. The van der Waals surface area contributed by atoms with Crippen LogP contribution in [0.2, 0.25) is 0 Å². The third-order valence-electron chi connectivity index (χ3n) is 9.88. The van der Waals surface area contributed by atoms with Crippen molar-refractivity contribution in [3.05, 3.63) is 132 Å². The molecule has 9 nitrogen and oxygen atoms in total. The third-order valence-corrected chi connectivity index (χ3v) is 9.88. The van der Waals surface area contributed by atoms with E-state index in [1.54, 1.807) is 7.05 Å². The van der Waals surface area contributed by atoms with E-state index in [2.05, 4.69) is 16.0 Å². The van der Waals surface area contributed by atoms with E-state index in [4.69, 9.17) is 5.73 Å². The predicted octanol–water partition coefficient (Wildman–Crippen LogP) is 4.30. The van der Waals surface area contributed by atoms with Crippen molar-refractivity contribution in [3.63, 3.8) is 0 Å². The van der Waals surface area contributed by atoms with Gasteiger partial charge in [-0.1, -0.05) is 115 Å². The lowest BCUT2D eigenvalue weighted by molar-refractivity contribution is -0.143. The highest BCUT2D eigenvalue weighted by Gasteiger charge is 2.35. The molecule has 5 N–H and O–H groups in total. The number of primary amides is 1. The second kappa shape index (κ2) is 16.4.